The highest BCUT2D eigenvalue weighted by atomic mass is 16.5. The minimum absolute atomic E-state index is 0.0567. The molecule has 0 aromatic heterocycles. The van der Waals surface area contributed by atoms with E-state index in [4.69, 9.17) is 4.74 Å². The van der Waals surface area contributed by atoms with Crippen LogP contribution in [0.5, 0.6) is 0 Å². The molecule has 18 heavy (non-hydrogen) atoms. The van der Waals surface area contributed by atoms with Gasteiger partial charge in [-0.05, 0) is 37.0 Å². The van der Waals surface area contributed by atoms with E-state index >= 15 is 0 Å². The Morgan fingerprint density at radius 1 is 1.33 bits per heavy atom. The number of methoxy groups -OCH3 is 1. The maximum Gasteiger partial charge on any atom is 0.0613 e. The van der Waals surface area contributed by atoms with Gasteiger partial charge in [-0.3, -0.25) is 0 Å². The van der Waals surface area contributed by atoms with Gasteiger partial charge in [-0.15, -0.1) is 0 Å². The van der Waals surface area contributed by atoms with Crippen molar-refractivity contribution < 1.29 is 9.84 Å². The van der Waals surface area contributed by atoms with E-state index in [1.54, 1.807) is 7.11 Å². The van der Waals surface area contributed by atoms with Crippen LogP contribution in [0.15, 0.2) is 0 Å². The van der Waals surface area contributed by atoms with Crippen LogP contribution in [0.25, 0.3) is 0 Å². The Morgan fingerprint density at radius 2 is 1.94 bits per heavy atom. The van der Waals surface area contributed by atoms with E-state index in [-0.39, 0.29) is 12.1 Å². The van der Waals surface area contributed by atoms with Crippen LogP contribution in [-0.2, 0) is 4.74 Å². The fraction of sp³-hybridized carbons (Fsp3) is 1.00. The van der Waals surface area contributed by atoms with E-state index in [2.05, 4.69) is 26.1 Å². The van der Waals surface area contributed by atoms with Crippen LogP contribution in [0.4, 0.5) is 0 Å². The number of hydrogen-bond acceptors (Lipinski definition) is 3. The lowest BCUT2D eigenvalue weighted by atomic mass is 9.65. The average Bonchev–Trinajstić information content (AvgIpc) is 2.39. The molecule has 0 bridgehead atoms. The summed E-state index contributed by atoms with van der Waals surface area (Å²) in [6.07, 6.45) is 5.85. The minimum Gasteiger partial charge on any atom is -0.394 e. The number of hydrogen-bond donors (Lipinski definition) is 2. The van der Waals surface area contributed by atoms with E-state index < -0.39 is 0 Å². The van der Waals surface area contributed by atoms with Crippen molar-refractivity contribution in [1.82, 2.24) is 5.32 Å². The van der Waals surface area contributed by atoms with Gasteiger partial charge in [0, 0.05) is 19.2 Å². The van der Waals surface area contributed by atoms with Crippen molar-refractivity contribution in [1.29, 1.82) is 0 Å². The summed E-state index contributed by atoms with van der Waals surface area (Å²) in [5.41, 5.74) is 0.382. The molecule has 1 saturated carbocycles. The summed E-state index contributed by atoms with van der Waals surface area (Å²) in [6.45, 7) is 8.83. The quantitative estimate of drug-likeness (QED) is 0.689. The zero-order chi connectivity index (χ0) is 13.6. The van der Waals surface area contributed by atoms with E-state index in [1.807, 2.05) is 0 Å². The first-order valence-corrected chi connectivity index (χ1v) is 7.34. The third-order valence-electron chi connectivity index (χ3n) is 5.07. The van der Waals surface area contributed by atoms with E-state index in [9.17, 15) is 5.11 Å². The Morgan fingerprint density at radius 3 is 2.39 bits per heavy atom. The molecule has 0 heterocycles. The molecule has 0 aromatic rings. The topological polar surface area (TPSA) is 41.5 Å². The Bertz CT molecular complexity index is 233. The second-order valence-corrected chi connectivity index (χ2v) is 6.47. The van der Waals surface area contributed by atoms with Gasteiger partial charge in [0.2, 0.25) is 0 Å². The summed E-state index contributed by atoms with van der Waals surface area (Å²) >= 11 is 0. The predicted octanol–water partition coefficient (Wildman–Crippen LogP) is 2.58. The van der Waals surface area contributed by atoms with Gasteiger partial charge in [0.05, 0.1) is 13.2 Å². The molecule has 108 valence electrons. The molecule has 3 heteroatoms. The number of aliphatic hydroxyl groups is 1. The molecule has 1 rings (SSSR count). The lowest BCUT2D eigenvalue weighted by molar-refractivity contribution is 0.0562. The van der Waals surface area contributed by atoms with Crippen molar-refractivity contribution in [2.24, 2.45) is 11.3 Å². The van der Waals surface area contributed by atoms with Gasteiger partial charge < -0.3 is 15.2 Å². The third kappa shape index (κ3) is 3.94. The zero-order valence-corrected chi connectivity index (χ0v) is 12.6. The molecular formula is C15H31NO2. The maximum atomic E-state index is 9.68. The standard InChI is InChI=1S/C15H31NO2/c1-5-14(2,3)13-6-8-15(12-17,9-7-13)16-10-11-18-4/h13,16-17H,5-12H2,1-4H3. The largest absolute Gasteiger partial charge is 0.394 e. The van der Waals surface area contributed by atoms with Crippen LogP contribution in [0, 0.1) is 11.3 Å². The Kier molecular flexibility index (Phi) is 6.09. The lowest BCUT2D eigenvalue weighted by Gasteiger charge is -2.44. The molecule has 0 aliphatic heterocycles. The molecule has 0 spiro atoms. The molecule has 3 nitrogen and oxygen atoms in total. The fourth-order valence-corrected chi connectivity index (χ4v) is 3.05. The van der Waals surface area contributed by atoms with E-state index in [1.165, 1.54) is 19.3 Å². The number of rotatable bonds is 7. The molecule has 0 saturated heterocycles. The van der Waals surface area contributed by atoms with Gasteiger partial charge in [-0.25, -0.2) is 0 Å². The van der Waals surface area contributed by atoms with Gasteiger partial charge in [-0.2, -0.15) is 0 Å². The minimum atomic E-state index is -0.0567. The molecule has 1 fully saturated rings. The smallest absolute Gasteiger partial charge is 0.0613 e. The van der Waals surface area contributed by atoms with Crippen molar-refractivity contribution in [3.8, 4) is 0 Å². The van der Waals surface area contributed by atoms with Crippen LogP contribution in [0.2, 0.25) is 0 Å². The molecule has 0 atom stereocenters. The number of aliphatic hydroxyl groups excluding tert-OH is 1. The SMILES string of the molecule is CCC(C)(C)C1CCC(CO)(NCCOC)CC1. The highest BCUT2D eigenvalue weighted by Gasteiger charge is 2.38. The second-order valence-electron chi connectivity index (χ2n) is 6.47. The van der Waals surface area contributed by atoms with E-state index in [0.717, 1.165) is 25.3 Å². The summed E-state index contributed by atoms with van der Waals surface area (Å²) in [7, 11) is 1.72. The molecule has 0 unspecified atom stereocenters. The molecule has 0 amide bonds. The summed E-state index contributed by atoms with van der Waals surface area (Å²) < 4.78 is 5.07. The van der Waals surface area contributed by atoms with Crippen LogP contribution >= 0.6 is 0 Å². The van der Waals surface area contributed by atoms with Gasteiger partial charge in [0.25, 0.3) is 0 Å². The highest BCUT2D eigenvalue weighted by molar-refractivity contribution is 4.95. The first-order valence-electron chi connectivity index (χ1n) is 7.34. The van der Waals surface area contributed by atoms with Crippen molar-refractivity contribution in [3.63, 3.8) is 0 Å². The van der Waals surface area contributed by atoms with Crippen LogP contribution < -0.4 is 5.32 Å². The van der Waals surface area contributed by atoms with Crippen molar-refractivity contribution in [2.45, 2.75) is 58.4 Å². The number of ether oxygens (including phenoxy) is 1. The predicted molar refractivity (Wildman–Crippen MR) is 75.7 cm³/mol. The summed E-state index contributed by atoms with van der Waals surface area (Å²) in [5, 5.41) is 13.2. The lowest BCUT2D eigenvalue weighted by Crippen LogP contribution is -2.52. The van der Waals surface area contributed by atoms with Crippen LogP contribution in [-0.4, -0.2) is 37.5 Å². The average molecular weight is 257 g/mol. The molecule has 1 aliphatic carbocycles. The van der Waals surface area contributed by atoms with Crippen LogP contribution in [0.1, 0.15) is 52.9 Å². The van der Waals surface area contributed by atoms with Crippen molar-refractivity contribution in [2.75, 3.05) is 26.9 Å². The Balaban J connectivity index is 2.48. The second kappa shape index (κ2) is 6.88. The Labute approximate surface area is 112 Å². The summed E-state index contributed by atoms with van der Waals surface area (Å²) in [4.78, 5) is 0. The van der Waals surface area contributed by atoms with Gasteiger partial charge >= 0.3 is 0 Å². The normalized spacial score (nSPS) is 29.5. The molecule has 1 aliphatic rings. The molecule has 2 N–H and O–H groups in total. The van der Waals surface area contributed by atoms with E-state index in [0.29, 0.717) is 12.0 Å². The molecular weight excluding hydrogens is 226 g/mol. The monoisotopic (exact) mass is 257 g/mol. The molecule has 0 aromatic carbocycles. The zero-order valence-electron chi connectivity index (χ0n) is 12.6. The van der Waals surface area contributed by atoms with Gasteiger partial charge in [0.1, 0.15) is 0 Å². The fourth-order valence-electron chi connectivity index (χ4n) is 3.05. The summed E-state index contributed by atoms with van der Waals surface area (Å²) in [6, 6.07) is 0. The summed E-state index contributed by atoms with van der Waals surface area (Å²) in [5.74, 6) is 0.798. The first kappa shape index (κ1) is 15.9. The first-order chi connectivity index (χ1) is 8.49. The third-order valence-corrected chi connectivity index (χ3v) is 5.07. The number of nitrogens with one attached hydrogen (secondary N) is 1. The van der Waals surface area contributed by atoms with Gasteiger partial charge in [0.15, 0.2) is 0 Å². The van der Waals surface area contributed by atoms with Crippen LogP contribution in [0.3, 0.4) is 0 Å². The highest BCUT2D eigenvalue weighted by Crippen LogP contribution is 2.43. The van der Waals surface area contributed by atoms with Gasteiger partial charge in [-0.1, -0.05) is 27.2 Å². The van der Waals surface area contributed by atoms with Crippen molar-refractivity contribution in [3.05, 3.63) is 0 Å². The maximum absolute atomic E-state index is 9.68. The molecule has 0 radical (unpaired) electrons. The Hall–Kier alpha value is -0.120. The van der Waals surface area contributed by atoms with Crippen molar-refractivity contribution >= 4 is 0 Å².